The summed E-state index contributed by atoms with van der Waals surface area (Å²) in [6.07, 6.45) is 1.60. The summed E-state index contributed by atoms with van der Waals surface area (Å²) >= 11 is 1.06. The fraction of sp³-hybridized carbons (Fsp3) is 0.194. The molecular formula is C31H25FN2O7S. The summed E-state index contributed by atoms with van der Waals surface area (Å²) < 4.78 is 37.3. The highest BCUT2D eigenvalue weighted by Crippen LogP contribution is 2.46. The van der Waals surface area contributed by atoms with Gasteiger partial charge in [-0.3, -0.25) is 14.5 Å². The van der Waals surface area contributed by atoms with Gasteiger partial charge in [-0.05, 0) is 61.0 Å². The van der Waals surface area contributed by atoms with E-state index in [9.17, 15) is 19.1 Å². The van der Waals surface area contributed by atoms with Crippen molar-refractivity contribution in [2.45, 2.75) is 13.0 Å². The quantitative estimate of drug-likeness (QED) is 0.119. The Balaban J connectivity index is 1.54. The van der Waals surface area contributed by atoms with Crippen LogP contribution in [0.2, 0.25) is 0 Å². The first-order chi connectivity index (χ1) is 20.4. The molecule has 42 heavy (non-hydrogen) atoms. The zero-order valence-corrected chi connectivity index (χ0v) is 23.3. The van der Waals surface area contributed by atoms with Crippen molar-refractivity contribution in [1.82, 2.24) is 4.98 Å². The molecule has 1 saturated heterocycles. The molecule has 0 saturated carbocycles. The van der Waals surface area contributed by atoms with Crippen LogP contribution in [-0.4, -0.2) is 48.2 Å². The lowest BCUT2D eigenvalue weighted by Gasteiger charge is -2.24. The number of carbonyl (C=O) groups is 2. The summed E-state index contributed by atoms with van der Waals surface area (Å²) in [4.78, 5) is 33.1. The number of thiazole rings is 1. The average Bonchev–Trinajstić information content (AvgIpc) is 3.53. The normalized spacial score (nSPS) is 17.5. The van der Waals surface area contributed by atoms with Gasteiger partial charge in [0, 0.05) is 5.56 Å². The highest BCUT2D eigenvalue weighted by atomic mass is 32.1. The lowest BCUT2D eigenvalue weighted by Crippen LogP contribution is -2.29. The van der Waals surface area contributed by atoms with Gasteiger partial charge in [0.2, 0.25) is 0 Å². The maximum Gasteiger partial charge on any atom is 0.301 e. The molecule has 4 aromatic rings. The van der Waals surface area contributed by atoms with Crippen LogP contribution in [0.1, 0.15) is 24.1 Å². The van der Waals surface area contributed by atoms with Crippen molar-refractivity contribution >= 4 is 44.1 Å². The predicted molar refractivity (Wildman–Crippen MR) is 155 cm³/mol. The van der Waals surface area contributed by atoms with Crippen LogP contribution in [-0.2, 0) is 9.59 Å². The number of Topliss-reactive ketones (excluding diaryl/α,β-unsaturated/α-hetero) is 1. The molecule has 2 aliphatic heterocycles. The third-order valence-corrected chi connectivity index (χ3v) is 7.76. The fourth-order valence-corrected chi connectivity index (χ4v) is 5.93. The van der Waals surface area contributed by atoms with Crippen LogP contribution in [0.25, 0.3) is 16.0 Å². The number of aliphatic hydroxyl groups is 1. The molecule has 1 unspecified atom stereocenters. The van der Waals surface area contributed by atoms with Crippen LogP contribution < -0.4 is 23.8 Å². The fourth-order valence-electron chi connectivity index (χ4n) is 4.91. The van der Waals surface area contributed by atoms with Crippen LogP contribution in [0.15, 0.2) is 72.8 Å². The Morgan fingerprint density at radius 2 is 1.90 bits per heavy atom. The maximum absolute atomic E-state index is 14.0. The Kier molecular flexibility index (Phi) is 7.26. The Bertz CT molecular complexity index is 1770. The number of aromatic nitrogens is 1. The van der Waals surface area contributed by atoms with Gasteiger partial charge in [0.25, 0.3) is 5.78 Å². The smallest absolute Gasteiger partial charge is 0.301 e. The standard InChI is InChI=1S/C31H25FN2O7S/c1-3-11-39-21-9-5-17(14-23(21)38-4-2)27-26(28(35)18-6-10-22-24(15-18)41-13-12-40-22)29(36)30(37)34(27)31-33-20-8-7-19(32)16-25(20)42-31/h3,5-10,14-16,27,35H,1,4,11-13H2,2H3. The first-order valence-electron chi connectivity index (χ1n) is 13.2. The second-order valence-electron chi connectivity index (χ2n) is 9.37. The molecule has 6 rings (SSSR count). The lowest BCUT2D eigenvalue weighted by atomic mass is 9.95. The van der Waals surface area contributed by atoms with Crippen molar-refractivity contribution in [2.75, 3.05) is 31.3 Å². The highest BCUT2D eigenvalue weighted by molar-refractivity contribution is 7.22. The van der Waals surface area contributed by atoms with E-state index in [0.717, 1.165) is 11.3 Å². The molecular weight excluding hydrogens is 563 g/mol. The average molecular weight is 589 g/mol. The molecule has 1 aromatic heterocycles. The molecule has 0 bridgehead atoms. The number of ketones is 1. The SMILES string of the molecule is C=CCOc1ccc(C2C(=C(O)c3ccc4c(c3)OCCO4)C(=O)C(=O)N2c2nc3ccc(F)cc3s2)cc1OCC. The Hall–Kier alpha value is -4.90. The van der Waals surface area contributed by atoms with Crippen LogP contribution in [0.3, 0.4) is 0 Å². The Morgan fingerprint density at radius 1 is 1.10 bits per heavy atom. The third kappa shape index (κ3) is 4.81. The van der Waals surface area contributed by atoms with Crippen LogP contribution in [0, 0.1) is 5.82 Å². The van der Waals surface area contributed by atoms with Gasteiger partial charge in [0.1, 0.15) is 31.4 Å². The van der Waals surface area contributed by atoms with Gasteiger partial charge in [0.15, 0.2) is 28.1 Å². The van der Waals surface area contributed by atoms with Gasteiger partial charge in [-0.1, -0.05) is 30.1 Å². The number of amides is 1. The van der Waals surface area contributed by atoms with E-state index in [1.807, 2.05) is 6.92 Å². The topological polar surface area (TPSA) is 107 Å². The Labute approximate surface area is 244 Å². The molecule has 0 aliphatic carbocycles. The molecule has 11 heteroatoms. The molecule has 0 spiro atoms. The molecule has 0 radical (unpaired) electrons. The largest absolute Gasteiger partial charge is 0.507 e. The van der Waals surface area contributed by atoms with Crippen molar-refractivity contribution < 1.29 is 38.0 Å². The van der Waals surface area contributed by atoms with Crippen LogP contribution in [0.4, 0.5) is 9.52 Å². The zero-order chi connectivity index (χ0) is 29.4. The molecule has 1 N–H and O–H groups in total. The molecule has 1 fully saturated rings. The number of halogens is 1. The number of aliphatic hydroxyl groups excluding tert-OH is 1. The number of hydrogen-bond donors (Lipinski definition) is 1. The van der Waals surface area contributed by atoms with E-state index in [2.05, 4.69) is 11.6 Å². The highest BCUT2D eigenvalue weighted by Gasteiger charge is 2.48. The third-order valence-electron chi connectivity index (χ3n) is 6.75. The monoisotopic (exact) mass is 588 g/mol. The minimum absolute atomic E-state index is 0.149. The summed E-state index contributed by atoms with van der Waals surface area (Å²) in [6.45, 7) is 6.79. The van der Waals surface area contributed by atoms with E-state index in [-0.39, 0.29) is 22.9 Å². The Morgan fingerprint density at radius 3 is 2.69 bits per heavy atom. The number of hydrogen-bond acceptors (Lipinski definition) is 9. The molecule has 3 heterocycles. The molecule has 3 aromatic carbocycles. The second-order valence-corrected chi connectivity index (χ2v) is 10.4. The van der Waals surface area contributed by atoms with E-state index in [4.69, 9.17) is 18.9 Å². The molecule has 214 valence electrons. The van der Waals surface area contributed by atoms with Crippen molar-refractivity contribution in [3.05, 3.63) is 89.8 Å². The van der Waals surface area contributed by atoms with E-state index < -0.39 is 29.3 Å². The number of fused-ring (bicyclic) bond motifs is 2. The predicted octanol–water partition coefficient (Wildman–Crippen LogP) is 5.80. The molecule has 2 aliphatic rings. The number of ether oxygens (including phenoxy) is 4. The van der Waals surface area contributed by atoms with Crippen molar-refractivity contribution in [3.8, 4) is 23.0 Å². The van der Waals surface area contributed by atoms with Crippen LogP contribution >= 0.6 is 11.3 Å². The number of anilines is 1. The van der Waals surface area contributed by atoms with E-state index in [0.29, 0.717) is 58.6 Å². The summed E-state index contributed by atoms with van der Waals surface area (Å²) in [6, 6.07) is 12.8. The van der Waals surface area contributed by atoms with Crippen molar-refractivity contribution in [1.29, 1.82) is 0 Å². The van der Waals surface area contributed by atoms with Gasteiger partial charge >= 0.3 is 5.91 Å². The summed E-state index contributed by atoms with van der Waals surface area (Å²) in [5.74, 6) is -0.889. The van der Waals surface area contributed by atoms with Gasteiger partial charge < -0.3 is 24.1 Å². The van der Waals surface area contributed by atoms with Gasteiger partial charge in [-0.2, -0.15) is 0 Å². The van der Waals surface area contributed by atoms with Crippen molar-refractivity contribution in [3.63, 3.8) is 0 Å². The van der Waals surface area contributed by atoms with Crippen LogP contribution in [0.5, 0.6) is 23.0 Å². The first-order valence-corrected chi connectivity index (χ1v) is 14.0. The van der Waals surface area contributed by atoms with Gasteiger partial charge in [-0.15, -0.1) is 0 Å². The van der Waals surface area contributed by atoms with E-state index >= 15 is 0 Å². The molecule has 1 atom stereocenters. The lowest BCUT2D eigenvalue weighted by molar-refractivity contribution is -0.132. The first kappa shape index (κ1) is 27.3. The minimum Gasteiger partial charge on any atom is -0.507 e. The van der Waals surface area contributed by atoms with E-state index in [1.165, 1.54) is 23.1 Å². The summed E-state index contributed by atoms with van der Waals surface area (Å²) in [7, 11) is 0. The van der Waals surface area contributed by atoms with Crippen molar-refractivity contribution in [2.24, 2.45) is 0 Å². The molecule has 9 nitrogen and oxygen atoms in total. The summed E-state index contributed by atoms with van der Waals surface area (Å²) in [5.41, 5.74) is 1.05. The number of carbonyl (C=O) groups excluding carboxylic acids is 2. The van der Waals surface area contributed by atoms with Gasteiger partial charge in [0.05, 0.1) is 28.4 Å². The molecule has 1 amide bonds. The summed E-state index contributed by atoms with van der Waals surface area (Å²) in [5, 5.41) is 11.8. The number of nitrogens with zero attached hydrogens (tertiary/aromatic N) is 2. The van der Waals surface area contributed by atoms with E-state index in [1.54, 1.807) is 42.5 Å². The van der Waals surface area contributed by atoms with Gasteiger partial charge in [-0.25, -0.2) is 9.37 Å². The zero-order valence-electron chi connectivity index (χ0n) is 22.5. The second kappa shape index (κ2) is 11.2. The maximum atomic E-state index is 14.0. The number of rotatable bonds is 8. The minimum atomic E-state index is -1.09. The number of benzene rings is 3.